The summed E-state index contributed by atoms with van der Waals surface area (Å²) in [7, 11) is 0. The fourth-order valence-corrected chi connectivity index (χ4v) is 6.05. The molecule has 3 amide bonds. The summed E-state index contributed by atoms with van der Waals surface area (Å²) in [5, 5.41) is 8.24. The van der Waals surface area contributed by atoms with Crippen LogP contribution in [0.4, 0.5) is 11.4 Å². The van der Waals surface area contributed by atoms with E-state index in [9.17, 15) is 14.4 Å². The van der Waals surface area contributed by atoms with Crippen molar-refractivity contribution in [1.82, 2.24) is 5.32 Å². The molecule has 10 heteroatoms. The number of ether oxygens (including phenoxy) is 3. The summed E-state index contributed by atoms with van der Waals surface area (Å²) in [6, 6.07) is 38.3. The van der Waals surface area contributed by atoms with E-state index < -0.39 is 17.1 Å². The Balaban J connectivity index is 1.14. The summed E-state index contributed by atoms with van der Waals surface area (Å²) >= 11 is 1.39. The summed E-state index contributed by atoms with van der Waals surface area (Å²) in [6.45, 7) is 2.52. The summed E-state index contributed by atoms with van der Waals surface area (Å²) in [4.78, 5) is 40.8. The van der Waals surface area contributed by atoms with Crippen LogP contribution >= 0.6 is 11.8 Å². The molecule has 1 atom stereocenters. The Bertz CT molecular complexity index is 1980. The monoisotopic (exact) mass is 685 g/mol. The number of hydrogen-bond donors (Lipinski definition) is 3. The molecule has 0 spiro atoms. The summed E-state index contributed by atoms with van der Waals surface area (Å²) < 4.78 is 16.7. The first-order valence-electron chi connectivity index (χ1n) is 16.1. The van der Waals surface area contributed by atoms with Gasteiger partial charge in [0.05, 0.1) is 5.25 Å². The Morgan fingerprint density at radius 1 is 0.780 bits per heavy atom. The van der Waals surface area contributed by atoms with Crippen molar-refractivity contribution in [2.24, 2.45) is 0 Å². The van der Waals surface area contributed by atoms with E-state index in [1.807, 2.05) is 73.7 Å². The highest BCUT2D eigenvalue weighted by Gasteiger charge is 2.21. The van der Waals surface area contributed by atoms with E-state index in [1.165, 1.54) is 11.8 Å². The van der Waals surface area contributed by atoms with Gasteiger partial charge in [-0.05, 0) is 78.2 Å². The van der Waals surface area contributed by atoms with Gasteiger partial charge in [-0.2, -0.15) is 0 Å². The average Bonchev–Trinajstić information content (AvgIpc) is 3.62. The lowest BCUT2D eigenvalue weighted by Gasteiger charge is -2.16. The molecule has 5 aromatic carbocycles. The van der Waals surface area contributed by atoms with E-state index in [2.05, 4.69) is 16.0 Å². The van der Waals surface area contributed by atoms with E-state index in [-0.39, 0.29) is 18.4 Å². The Labute approximate surface area is 294 Å². The smallest absolute Gasteiger partial charge is 0.272 e. The van der Waals surface area contributed by atoms with Crippen LogP contribution < -0.4 is 30.2 Å². The van der Waals surface area contributed by atoms with Gasteiger partial charge < -0.3 is 30.2 Å². The number of carbonyl (C=O) groups is 3. The molecule has 50 heavy (non-hydrogen) atoms. The van der Waals surface area contributed by atoms with Gasteiger partial charge in [0.2, 0.25) is 12.7 Å². The molecule has 0 fully saturated rings. The van der Waals surface area contributed by atoms with Gasteiger partial charge in [-0.25, -0.2) is 0 Å². The van der Waals surface area contributed by atoms with Gasteiger partial charge in [0.25, 0.3) is 11.8 Å². The lowest BCUT2D eigenvalue weighted by Crippen LogP contribution is -2.30. The first-order valence-corrected chi connectivity index (χ1v) is 16.9. The molecule has 0 saturated carbocycles. The molecular weight excluding hydrogens is 651 g/mol. The van der Waals surface area contributed by atoms with Crippen LogP contribution in [0.25, 0.3) is 6.08 Å². The highest BCUT2D eigenvalue weighted by molar-refractivity contribution is 8.00. The van der Waals surface area contributed by atoms with E-state index in [0.717, 1.165) is 10.5 Å². The lowest BCUT2D eigenvalue weighted by molar-refractivity contribution is -0.116. The number of anilines is 2. The molecule has 0 aliphatic carbocycles. The fraction of sp³-hybridized carbons (Fsp3) is 0.125. The second kappa shape index (κ2) is 16.4. The van der Waals surface area contributed by atoms with Crippen LogP contribution in [-0.2, 0) is 16.2 Å². The van der Waals surface area contributed by atoms with Crippen LogP contribution in [0.5, 0.6) is 17.2 Å². The van der Waals surface area contributed by atoms with Crippen LogP contribution in [0.15, 0.2) is 138 Å². The molecule has 3 N–H and O–H groups in total. The highest BCUT2D eigenvalue weighted by Crippen LogP contribution is 2.35. The van der Waals surface area contributed by atoms with Gasteiger partial charge in [-0.15, -0.1) is 11.8 Å². The Hall–Kier alpha value is -6.00. The first-order chi connectivity index (χ1) is 24.4. The molecule has 5 aromatic rings. The molecule has 6 rings (SSSR count). The third-order valence-corrected chi connectivity index (χ3v) is 9.00. The first kappa shape index (κ1) is 33.9. The number of nitrogens with one attached hydrogen (secondary N) is 3. The van der Waals surface area contributed by atoms with Crippen molar-refractivity contribution in [2.45, 2.75) is 30.1 Å². The van der Waals surface area contributed by atoms with Gasteiger partial charge in [-0.3, -0.25) is 14.4 Å². The Morgan fingerprint density at radius 3 is 2.26 bits per heavy atom. The molecule has 252 valence electrons. The standard InChI is InChI=1S/C40H35N3O6S/c1-2-37(40(46)42-31-18-21-35-36(24-31)49-26-48-35)50-33-15-9-14-30(23-33)41-39(45)34(43-38(44)29-12-7-4-8-13-29)22-27-16-19-32(20-17-27)47-25-28-10-5-3-6-11-28/h3-24,37H,2,25-26H2,1H3,(H,41,45)(H,42,46)(H,43,44)/b34-22-. The Morgan fingerprint density at radius 2 is 1.50 bits per heavy atom. The van der Waals surface area contributed by atoms with Crippen molar-refractivity contribution in [3.8, 4) is 17.2 Å². The molecule has 1 aliphatic rings. The topological polar surface area (TPSA) is 115 Å². The Kier molecular flexibility index (Phi) is 11.1. The number of carbonyl (C=O) groups excluding carboxylic acids is 3. The third kappa shape index (κ3) is 9.12. The van der Waals surface area contributed by atoms with Crippen molar-refractivity contribution in [2.75, 3.05) is 17.4 Å². The van der Waals surface area contributed by atoms with Crippen LogP contribution in [0.2, 0.25) is 0 Å². The second-order valence-electron chi connectivity index (χ2n) is 11.3. The molecule has 0 bridgehead atoms. The number of thioether (sulfide) groups is 1. The van der Waals surface area contributed by atoms with Crippen molar-refractivity contribution in [3.63, 3.8) is 0 Å². The summed E-state index contributed by atoms with van der Waals surface area (Å²) in [6.07, 6.45) is 2.19. The SMILES string of the molecule is CCC(Sc1cccc(NC(=O)/C(=C/c2ccc(OCc3ccccc3)cc2)NC(=O)c2ccccc2)c1)C(=O)Nc1ccc2c(c1)OCO2. The zero-order valence-electron chi connectivity index (χ0n) is 27.3. The normalized spacial score (nSPS) is 12.5. The van der Waals surface area contributed by atoms with Gasteiger partial charge in [0.15, 0.2) is 11.5 Å². The van der Waals surface area contributed by atoms with Crippen LogP contribution in [0.3, 0.4) is 0 Å². The molecule has 0 aromatic heterocycles. The third-order valence-electron chi connectivity index (χ3n) is 7.64. The molecular formula is C40H35N3O6S. The van der Waals surface area contributed by atoms with E-state index >= 15 is 0 Å². The van der Waals surface area contributed by atoms with Crippen molar-refractivity contribution in [1.29, 1.82) is 0 Å². The molecule has 0 saturated heterocycles. The highest BCUT2D eigenvalue weighted by atomic mass is 32.2. The maximum Gasteiger partial charge on any atom is 0.272 e. The minimum atomic E-state index is -0.506. The minimum absolute atomic E-state index is 0.0596. The predicted molar refractivity (Wildman–Crippen MR) is 195 cm³/mol. The van der Waals surface area contributed by atoms with Gasteiger partial charge >= 0.3 is 0 Å². The average molecular weight is 686 g/mol. The maximum atomic E-state index is 13.7. The quantitative estimate of drug-likeness (QED) is 0.0853. The number of benzene rings is 5. The largest absolute Gasteiger partial charge is 0.489 e. The van der Waals surface area contributed by atoms with E-state index in [4.69, 9.17) is 14.2 Å². The minimum Gasteiger partial charge on any atom is -0.489 e. The van der Waals surface area contributed by atoms with E-state index in [1.54, 1.807) is 66.7 Å². The predicted octanol–water partition coefficient (Wildman–Crippen LogP) is 7.91. The molecule has 0 radical (unpaired) electrons. The molecule has 1 heterocycles. The zero-order valence-corrected chi connectivity index (χ0v) is 28.1. The number of hydrogen-bond acceptors (Lipinski definition) is 7. The lowest BCUT2D eigenvalue weighted by atomic mass is 10.1. The summed E-state index contributed by atoms with van der Waals surface area (Å²) in [5.74, 6) is 0.825. The van der Waals surface area contributed by atoms with Crippen molar-refractivity contribution >= 4 is 46.9 Å². The van der Waals surface area contributed by atoms with Crippen LogP contribution in [0.1, 0.15) is 34.8 Å². The molecule has 1 aliphatic heterocycles. The van der Waals surface area contributed by atoms with Gasteiger partial charge in [0.1, 0.15) is 18.1 Å². The van der Waals surface area contributed by atoms with Crippen LogP contribution in [-0.4, -0.2) is 29.8 Å². The van der Waals surface area contributed by atoms with Gasteiger partial charge in [0, 0.05) is 27.9 Å². The number of rotatable bonds is 13. The maximum absolute atomic E-state index is 13.7. The molecule has 9 nitrogen and oxygen atoms in total. The fourth-order valence-electron chi connectivity index (χ4n) is 5.04. The summed E-state index contributed by atoms with van der Waals surface area (Å²) in [5.41, 5.74) is 3.35. The van der Waals surface area contributed by atoms with Crippen LogP contribution in [0, 0.1) is 0 Å². The van der Waals surface area contributed by atoms with Crippen molar-refractivity contribution in [3.05, 3.63) is 150 Å². The van der Waals surface area contributed by atoms with Gasteiger partial charge in [-0.1, -0.05) is 73.7 Å². The number of fused-ring (bicyclic) bond motifs is 1. The zero-order chi connectivity index (χ0) is 34.7. The second-order valence-corrected chi connectivity index (χ2v) is 12.6. The molecule has 1 unspecified atom stereocenters. The van der Waals surface area contributed by atoms with Crippen molar-refractivity contribution < 1.29 is 28.6 Å². The number of amides is 3. The van der Waals surface area contributed by atoms with E-state index in [0.29, 0.717) is 52.8 Å².